The first-order valence-electron chi connectivity index (χ1n) is 5.17. The summed E-state index contributed by atoms with van der Waals surface area (Å²) in [6, 6.07) is 2.00. The first-order chi connectivity index (χ1) is 7.81. The fourth-order valence-corrected chi connectivity index (χ4v) is 2.57. The molecule has 0 bridgehead atoms. The van der Waals surface area contributed by atoms with Gasteiger partial charge in [-0.25, -0.2) is 4.98 Å². The highest BCUT2D eigenvalue weighted by Crippen LogP contribution is 2.27. The van der Waals surface area contributed by atoms with Gasteiger partial charge in [0, 0.05) is 19.2 Å². The number of rotatable bonds is 2. The van der Waals surface area contributed by atoms with Gasteiger partial charge in [0.05, 0.1) is 29.9 Å². The number of ether oxygens (including phenoxy) is 1. The van der Waals surface area contributed by atoms with Gasteiger partial charge >= 0.3 is 0 Å². The van der Waals surface area contributed by atoms with Crippen LogP contribution in [0.5, 0.6) is 0 Å². The minimum absolute atomic E-state index is 0.766. The minimum atomic E-state index is 0.766. The second-order valence-electron chi connectivity index (χ2n) is 3.51. The summed E-state index contributed by atoms with van der Waals surface area (Å²) in [7, 11) is 0. The molecule has 0 N–H and O–H groups in total. The maximum Gasteiger partial charge on any atom is 0.186 e. The van der Waals surface area contributed by atoms with Crippen LogP contribution in [0, 0.1) is 18.3 Å². The van der Waals surface area contributed by atoms with Gasteiger partial charge in [-0.1, -0.05) is 11.3 Å². The molecule has 0 radical (unpaired) electrons. The molecule has 0 amide bonds. The smallest absolute Gasteiger partial charge is 0.186 e. The van der Waals surface area contributed by atoms with Crippen molar-refractivity contribution in [1.82, 2.24) is 4.98 Å². The lowest BCUT2D eigenvalue weighted by molar-refractivity contribution is 0.122. The minimum Gasteiger partial charge on any atom is -0.378 e. The van der Waals surface area contributed by atoms with Crippen molar-refractivity contribution in [3.05, 3.63) is 16.6 Å². The summed E-state index contributed by atoms with van der Waals surface area (Å²) in [6.45, 7) is 5.30. The van der Waals surface area contributed by atoms with Crippen LogP contribution in [0.3, 0.4) is 0 Å². The molecule has 84 valence electrons. The van der Waals surface area contributed by atoms with Crippen molar-refractivity contribution in [2.45, 2.75) is 6.92 Å². The van der Waals surface area contributed by atoms with Gasteiger partial charge in [-0.2, -0.15) is 5.26 Å². The molecular weight excluding hydrogens is 222 g/mol. The number of nitrogens with zero attached hydrogens (tertiary/aromatic N) is 3. The van der Waals surface area contributed by atoms with E-state index in [-0.39, 0.29) is 0 Å². The number of nitriles is 1. The normalized spacial score (nSPS) is 16.6. The Balaban J connectivity index is 2.16. The average molecular weight is 235 g/mol. The van der Waals surface area contributed by atoms with Gasteiger partial charge in [-0.15, -0.1) is 0 Å². The average Bonchev–Trinajstić information content (AvgIpc) is 2.69. The summed E-state index contributed by atoms with van der Waals surface area (Å²) in [5.41, 5.74) is 0.984. The first-order valence-corrected chi connectivity index (χ1v) is 5.99. The molecule has 2 rings (SSSR count). The van der Waals surface area contributed by atoms with Crippen molar-refractivity contribution in [2.24, 2.45) is 0 Å². The molecule has 16 heavy (non-hydrogen) atoms. The highest BCUT2D eigenvalue weighted by molar-refractivity contribution is 7.16. The van der Waals surface area contributed by atoms with Crippen molar-refractivity contribution in [3.8, 4) is 6.07 Å². The molecule has 0 spiro atoms. The monoisotopic (exact) mass is 235 g/mol. The number of hydrogen-bond acceptors (Lipinski definition) is 5. The summed E-state index contributed by atoms with van der Waals surface area (Å²) in [5, 5.41) is 9.52. The molecule has 1 aromatic heterocycles. The third-order valence-electron chi connectivity index (χ3n) is 2.41. The summed E-state index contributed by atoms with van der Waals surface area (Å²) >= 11 is 1.63. The third kappa shape index (κ3) is 2.40. The summed E-state index contributed by atoms with van der Waals surface area (Å²) in [6.07, 6.45) is 3.31. The molecule has 0 aliphatic carbocycles. The molecule has 4 nitrogen and oxygen atoms in total. The van der Waals surface area contributed by atoms with Gasteiger partial charge in [-0.05, 0) is 13.0 Å². The Morgan fingerprint density at radius 3 is 2.94 bits per heavy atom. The molecule has 1 fully saturated rings. The van der Waals surface area contributed by atoms with Gasteiger partial charge < -0.3 is 9.64 Å². The van der Waals surface area contributed by atoms with E-state index in [0.29, 0.717) is 0 Å². The summed E-state index contributed by atoms with van der Waals surface area (Å²) < 4.78 is 5.30. The Hall–Kier alpha value is -1.38. The van der Waals surface area contributed by atoms with Crippen LogP contribution in [0.2, 0.25) is 0 Å². The van der Waals surface area contributed by atoms with Gasteiger partial charge in [0.2, 0.25) is 0 Å². The number of aryl methyl sites for hydroxylation is 1. The third-order valence-corrected chi connectivity index (χ3v) is 3.60. The van der Waals surface area contributed by atoms with Gasteiger partial charge in [0.25, 0.3) is 0 Å². The first kappa shape index (κ1) is 11.1. The van der Waals surface area contributed by atoms with Gasteiger partial charge in [-0.3, -0.25) is 0 Å². The SMILES string of the molecule is Cc1nc(N2CCOCC2)sc1C=CC#N. The van der Waals surface area contributed by atoms with Gasteiger partial charge in [0.15, 0.2) is 5.13 Å². The van der Waals surface area contributed by atoms with Crippen LogP contribution in [0.1, 0.15) is 10.6 Å². The van der Waals surface area contributed by atoms with Crippen LogP contribution in [0.15, 0.2) is 6.08 Å². The second kappa shape index (κ2) is 5.10. The predicted octanol–water partition coefficient (Wildman–Crippen LogP) is 1.82. The molecule has 2 heterocycles. The molecule has 1 aromatic rings. The molecule has 0 aromatic carbocycles. The van der Waals surface area contributed by atoms with Crippen molar-refractivity contribution in [1.29, 1.82) is 5.26 Å². The Kier molecular flexibility index (Phi) is 3.54. The Morgan fingerprint density at radius 2 is 2.25 bits per heavy atom. The largest absolute Gasteiger partial charge is 0.378 e. The quantitative estimate of drug-likeness (QED) is 0.734. The number of allylic oxidation sites excluding steroid dienone is 1. The zero-order valence-corrected chi connectivity index (χ0v) is 9.96. The Bertz CT molecular complexity index is 427. The van der Waals surface area contributed by atoms with E-state index in [1.807, 2.05) is 19.1 Å². The molecule has 0 saturated carbocycles. The molecular formula is C11H13N3OS. The number of anilines is 1. The summed E-state index contributed by atoms with van der Waals surface area (Å²) in [5.74, 6) is 0. The van der Waals surface area contributed by atoms with Crippen molar-refractivity contribution in [2.75, 3.05) is 31.2 Å². The molecule has 1 aliphatic rings. The van der Waals surface area contributed by atoms with Crippen molar-refractivity contribution in [3.63, 3.8) is 0 Å². The van der Waals surface area contributed by atoms with E-state index in [1.54, 1.807) is 11.3 Å². The molecule has 0 unspecified atom stereocenters. The van der Waals surface area contributed by atoms with E-state index < -0.39 is 0 Å². The number of thiazole rings is 1. The van der Waals surface area contributed by atoms with Gasteiger partial charge in [0.1, 0.15) is 0 Å². The highest BCUT2D eigenvalue weighted by atomic mass is 32.1. The molecule has 1 aliphatic heterocycles. The zero-order chi connectivity index (χ0) is 11.4. The van der Waals surface area contributed by atoms with E-state index in [9.17, 15) is 0 Å². The maximum atomic E-state index is 8.49. The molecule has 0 atom stereocenters. The summed E-state index contributed by atoms with van der Waals surface area (Å²) in [4.78, 5) is 7.80. The lowest BCUT2D eigenvalue weighted by Crippen LogP contribution is -2.36. The van der Waals surface area contributed by atoms with E-state index in [1.165, 1.54) is 6.08 Å². The fourth-order valence-electron chi connectivity index (χ4n) is 1.55. The number of morpholine rings is 1. The van der Waals surface area contributed by atoms with Crippen LogP contribution in [0.25, 0.3) is 6.08 Å². The van der Waals surface area contributed by atoms with Crippen LogP contribution in [0.4, 0.5) is 5.13 Å². The topological polar surface area (TPSA) is 49.2 Å². The maximum absolute atomic E-state index is 8.49. The van der Waals surface area contributed by atoms with E-state index in [2.05, 4.69) is 9.88 Å². The lowest BCUT2D eigenvalue weighted by atomic mass is 10.3. The lowest BCUT2D eigenvalue weighted by Gasteiger charge is -2.25. The van der Waals surface area contributed by atoms with E-state index in [4.69, 9.17) is 10.00 Å². The second-order valence-corrected chi connectivity index (χ2v) is 4.52. The van der Waals surface area contributed by atoms with E-state index >= 15 is 0 Å². The van der Waals surface area contributed by atoms with Crippen LogP contribution < -0.4 is 4.90 Å². The van der Waals surface area contributed by atoms with Crippen LogP contribution >= 0.6 is 11.3 Å². The van der Waals surface area contributed by atoms with Crippen molar-refractivity contribution >= 4 is 22.5 Å². The number of aromatic nitrogens is 1. The molecule has 1 saturated heterocycles. The zero-order valence-electron chi connectivity index (χ0n) is 9.14. The highest BCUT2D eigenvalue weighted by Gasteiger charge is 2.15. The van der Waals surface area contributed by atoms with Crippen molar-refractivity contribution < 1.29 is 4.74 Å². The Labute approximate surface area is 98.8 Å². The predicted molar refractivity (Wildman–Crippen MR) is 64.5 cm³/mol. The van der Waals surface area contributed by atoms with Crippen LogP contribution in [-0.2, 0) is 4.74 Å². The number of hydrogen-bond donors (Lipinski definition) is 0. The standard InChI is InChI=1S/C11H13N3OS/c1-9-10(3-2-4-12)16-11(13-9)14-5-7-15-8-6-14/h2-3H,5-8H2,1H3. The molecule has 5 heteroatoms. The van der Waals surface area contributed by atoms with E-state index in [0.717, 1.165) is 42.0 Å². The Morgan fingerprint density at radius 1 is 1.50 bits per heavy atom. The fraction of sp³-hybridized carbons (Fsp3) is 0.455. The van der Waals surface area contributed by atoms with Crippen LogP contribution in [-0.4, -0.2) is 31.3 Å².